The fraction of sp³-hybridized carbons (Fsp3) is 0.810. The molecule has 1 aromatic heterocycles. The van der Waals surface area contributed by atoms with Gasteiger partial charge in [0, 0.05) is 55.8 Å². The summed E-state index contributed by atoms with van der Waals surface area (Å²) in [6.45, 7) is 8.50. The zero-order valence-corrected chi connectivity index (χ0v) is 20.7. The molecule has 2 aliphatic rings. The van der Waals surface area contributed by atoms with Crippen molar-refractivity contribution < 1.29 is 0 Å². The molecule has 1 aliphatic heterocycles. The predicted molar refractivity (Wildman–Crippen MR) is 131 cm³/mol. The Kier molecular flexibility index (Phi) is 11.1. The average molecular weight is 520 g/mol. The number of rotatable bonds is 7. The molecule has 0 unspecified atom stereocenters. The van der Waals surface area contributed by atoms with Crippen LogP contribution in [0.3, 0.4) is 0 Å². The van der Waals surface area contributed by atoms with Gasteiger partial charge in [0.05, 0.1) is 5.01 Å². The van der Waals surface area contributed by atoms with E-state index >= 15 is 0 Å². The van der Waals surface area contributed by atoms with Gasteiger partial charge in [-0.2, -0.15) is 0 Å². The van der Waals surface area contributed by atoms with Crippen molar-refractivity contribution in [1.82, 2.24) is 20.5 Å². The van der Waals surface area contributed by atoms with Crippen LogP contribution in [0.25, 0.3) is 0 Å². The average Bonchev–Trinajstić information content (AvgIpc) is 3.17. The lowest BCUT2D eigenvalue weighted by atomic mass is 9.92. The molecule has 1 saturated carbocycles. The molecule has 2 heterocycles. The highest BCUT2D eigenvalue weighted by Gasteiger charge is 2.26. The number of hydrogen-bond donors (Lipinski definition) is 2. The maximum absolute atomic E-state index is 4.79. The number of aryl methyl sites for hydroxylation is 1. The van der Waals surface area contributed by atoms with Gasteiger partial charge in [-0.1, -0.05) is 26.2 Å². The van der Waals surface area contributed by atoms with Crippen LogP contribution in [-0.2, 0) is 12.8 Å². The normalized spacial score (nSPS) is 20.0. The number of aromatic nitrogens is 1. The van der Waals surface area contributed by atoms with Gasteiger partial charge in [0.15, 0.2) is 5.96 Å². The molecule has 160 valence electrons. The molecular weight excluding hydrogens is 481 g/mol. The van der Waals surface area contributed by atoms with E-state index < -0.39 is 0 Å². The first kappa shape index (κ1) is 23.9. The number of piperidine rings is 1. The first-order valence-corrected chi connectivity index (χ1v) is 11.8. The maximum atomic E-state index is 4.79. The van der Waals surface area contributed by atoms with E-state index in [4.69, 9.17) is 4.99 Å². The van der Waals surface area contributed by atoms with Gasteiger partial charge < -0.3 is 15.5 Å². The number of likely N-dealkylation sites (tertiary alicyclic amines) is 1. The third-order valence-corrected chi connectivity index (χ3v) is 7.05. The van der Waals surface area contributed by atoms with Crippen molar-refractivity contribution in [3.8, 4) is 0 Å². The fourth-order valence-corrected chi connectivity index (χ4v) is 5.11. The molecule has 0 amide bonds. The van der Waals surface area contributed by atoms with E-state index in [1.165, 1.54) is 67.9 Å². The van der Waals surface area contributed by atoms with E-state index in [2.05, 4.69) is 34.4 Å². The molecular formula is C21H38IN5S. The van der Waals surface area contributed by atoms with Crippen LogP contribution in [0.5, 0.6) is 0 Å². The zero-order valence-electron chi connectivity index (χ0n) is 17.6. The van der Waals surface area contributed by atoms with E-state index in [9.17, 15) is 0 Å². The highest BCUT2D eigenvalue weighted by molar-refractivity contribution is 14.0. The molecule has 0 spiro atoms. The number of nitrogens with zero attached hydrogens (tertiary/aromatic N) is 3. The summed E-state index contributed by atoms with van der Waals surface area (Å²) in [5.41, 5.74) is 0. The Morgan fingerprint density at radius 2 is 1.93 bits per heavy atom. The molecule has 0 bridgehead atoms. The summed E-state index contributed by atoms with van der Waals surface area (Å²) >= 11 is 1.82. The van der Waals surface area contributed by atoms with Gasteiger partial charge in [-0.25, -0.2) is 4.98 Å². The Balaban J connectivity index is 0.00000280. The topological polar surface area (TPSA) is 52.6 Å². The highest BCUT2D eigenvalue weighted by atomic mass is 127. The molecule has 1 saturated heterocycles. The molecule has 3 rings (SSSR count). The molecule has 0 atom stereocenters. The standard InChI is InChI=1S/C21H37N5S.HI/c1-3-19-16-24-20(27-19)10-13-23-21(22-4-2)25-17-11-14-26(15-12-17)18-8-6-5-7-9-18;/h16-18H,3-15H2,1-2H3,(H2,22,23,25);1H. The van der Waals surface area contributed by atoms with Crippen LogP contribution in [0.2, 0.25) is 0 Å². The van der Waals surface area contributed by atoms with Crippen LogP contribution in [0, 0.1) is 0 Å². The monoisotopic (exact) mass is 519 g/mol. The summed E-state index contributed by atoms with van der Waals surface area (Å²) in [6.07, 6.45) is 13.6. The molecule has 0 aromatic carbocycles. The maximum Gasteiger partial charge on any atom is 0.191 e. The Bertz CT molecular complexity index is 577. The lowest BCUT2D eigenvalue weighted by molar-refractivity contribution is 0.119. The SMILES string of the molecule is CCNC(=NCCc1ncc(CC)s1)NC1CCN(C2CCCCC2)CC1.I. The van der Waals surface area contributed by atoms with Gasteiger partial charge in [-0.05, 0) is 39.0 Å². The van der Waals surface area contributed by atoms with Gasteiger partial charge in [0.1, 0.15) is 0 Å². The number of nitrogens with one attached hydrogen (secondary N) is 2. The van der Waals surface area contributed by atoms with Gasteiger partial charge >= 0.3 is 0 Å². The minimum Gasteiger partial charge on any atom is -0.357 e. The predicted octanol–water partition coefficient (Wildman–Crippen LogP) is 4.22. The molecule has 0 radical (unpaired) electrons. The third-order valence-electron chi connectivity index (χ3n) is 5.85. The van der Waals surface area contributed by atoms with Crippen molar-refractivity contribution in [2.75, 3.05) is 26.2 Å². The lowest BCUT2D eigenvalue weighted by Crippen LogP contribution is -2.51. The van der Waals surface area contributed by atoms with Crippen LogP contribution < -0.4 is 10.6 Å². The summed E-state index contributed by atoms with van der Waals surface area (Å²) in [7, 11) is 0. The summed E-state index contributed by atoms with van der Waals surface area (Å²) in [6, 6.07) is 1.40. The summed E-state index contributed by atoms with van der Waals surface area (Å²) in [5, 5.41) is 8.29. The molecule has 1 aliphatic carbocycles. The van der Waals surface area contributed by atoms with Crippen molar-refractivity contribution in [3.63, 3.8) is 0 Å². The van der Waals surface area contributed by atoms with Crippen molar-refractivity contribution in [2.24, 2.45) is 4.99 Å². The minimum absolute atomic E-state index is 0. The third kappa shape index (κ3) is 7.44. The first-order valence-electron chi connectivity index (χ1n) is 11.0. The van der Waals surface area contributed by atoms with Crippen LogP contribution in [0.4, 0.5) is 0 Å². The quantitative estimate of drug-likeness (QED) is 0.322. The molecule has 28 heavy (non-hydrogen) atoms. The van der Waals surface area contributed by atoms with Crippen LogP contribution in [0.1, 0.15) is 68.7 Å². The number of halogens is 1. The van der Waals surface area contributed by atoms with E-state index in [1.807, 2.05) is 17.5 Å². The van der Waals surface area contributed by atoms with Gasteiger partial charge in [-0.3, -0.25) is 4.99 Å². The van der Waals surface area contributed by atoms with Crippen LogP contribution >= 0.6 is 35.3 Å². The van der Waals surface area contributed by atoms with Gasteiger partial charge in [-0.15, -0.1) is 35.3 Å². The summed E-state index contributed by atoms with van der Waals surface area (Å²) in [5.74, 6) is 0.973. The molecule has 2 fully saturated rings. The lowest BCUT2D eigenvalue weighted by Gasteiger charge is -2.39. The van der Waals surface area contributed by atoms with E-state index in [-0.39, 0.29) is 24.0 Å². The number of guanidine groups is 1. The number of aliphatic imine (C=N–C) groups is 1. The first-order chi connectivity index (χ1) is 13.3. The van der Waals surface area contributed by atoms with E-state index in [0.717, 1.165) is 37.9 Å². The molecule has 7 heteroatoms. The Morgan fingerprint density at radius 3 is 2.57 bits per heavy atom. The molecule has 1 aromatic rings. The second-order valence-electron chi connectivity index (χ2n) is 7.83. The number of thiazole rings is 1. The Hall–Kier alpha value is -0.410. The minimum atomic E-state index is 0. The van der Waals surface area contributed by atoms with Gasteiger partial charge in [0.25, 0.3) is 0 Å². The Morgan fingerprint density at radius 1 is 1.18 bits per heavy atom. The largest absolute Gasteiger partial charge is 0.357 e. The summed E-state index contributed by atoms with van der Waals surface area (Å²) < 4.78 is 0. The number of hydrogen-bond acceptors (Lipinski definition) is 4. The molecule has 5 nitrogen and oxygen atoms in total. The van der Waals surface area contributed by atoms with Crippen LogP contribution in [-0.4, -0.2) is 54.1 Å². The zero-order chi connectivity index (χ0) is 18.9. The second kappa shape index (κ2) is 13.0. The smallest absolute Gasteiger partial charge is 0.191 e. The van der Waals surface area contributed by atoms with E-state index in [0.29, 0.717) is 6.04 Å². The fourth-order valence-electron chi connectivity index (χ4n) is 4.26. The molecule has 2 N–H and O–H groups in total. The van der Waals surface area contributed by atoms with Crippen molar-refractivity contribution in [1.29, 1.82) is 0 Å². The van der Waals surface area contributed by atoms with E-state index in [1.54, 1.807) is 0 Å². The van der Waals surface area contributed by atoms with Crippen molar-refractivity contribution >= 4 is 41.3 Å². The van der Waals surface area contributed by atoms with Gasteiger partial charge in [0.2, 0.25) is 0 Å². The highest BCUT2D eigenvalue weighted by Crippen LogP contribution is 2.25. The van der Waals surface area contributed by atoms with Crippen LogP contribution in [0.15, 0.2) is 11.2 Å². The second-order valence-corrected chi connectivity index (χ2v) is 9.03. The van der Waals surface area contributed by atoms with Crippen molar-refractivity contribution in [3.05, 3.63) is 16.1 Å². The Labute approximate surface area is 192 Å². The van der Waals surface area contributed by atoms with Crippen molar-refractivity contribution in [2.45, 2.75) is 83.7 Å². The summed E-state index contributed by atoms with van der Waals surface area (Å²) in [4.78, 5) is 13.4.